The first kappa shape index (κ1) is 22.1. The molecule has 9 heteroatoms. The van der Waals surface area contributed by atoms with Crippen LogP contribution in [0.4, 0.5) is 20.3 Å². The van der Waals surface area contributed by atoms with Crippen LogP contribution in [0.2, 0.25) is 0 Å². The third-order valence-electron chi connectivity index (χ3n) is 5.63. The molecule has 1 fully saturated rings. The van der Waals surface area contributed by atoms with E-state index >= 15 is 0 Å². The van der Waals surface area contributed by atoms with Crippen molar-refractivity contribution < 1.29 is 13.5 Å². The molecular formula is C25H24F2N6O. The number of halogens is 2. The molecule has 1 N–H and O–H groups in total. The van der Waals surface area contributed by atoms with Crippen molar-refractivity contribution in [1.29, 1.82) is 0 Å². The first-order chi connectivity index (χ1) is 16.5. The predicted octanol–water partition coefficient (Wildman–Crippen LogP) is 4.93. The van der Waals surface area contributed by atoms with Gasteiger partial charge in [0.2, 0.25) is 5.88 Å². The predicted molar refractivity (Wildman–Crippen MR) is 126 cm³/mol. The Kier molecular flexibility index (Phi) is 6.02. The summed E-state index contributed by atoms with van der Waals surface area (Å²) in [4.78, 5) is 20.1. The highest BCUT2D eigenvalue weighted by atomic mass is 19.1. The number of ether oxygens (including phenoxy) is 1. The minimum atomic E-state index is -0.704. The number of pyridine rings is 2. The summed E-state index contributed by atoms with van der Waals surface area (Å²) in [6.07, 6.45) is 7.35. The molecule has 3 heterocycles. The second kappa shape index (κ2) is 9.26. The van der Waals surface area contributed by atoms with Crippen LogP contribution < -0.4 is 10.1 Å². The van der Waals surface area contributed by atoms with Crippen molar-refractivity contribution >= 4 is 22.4 Å². The third-order valence-corrected chi connectivity index (χ3v) is 5.63. The molecule has 34 heavy (non-hydrogen) atoms. The van der Waals surface area contributed by atoms with Crippen LogP contribution in [0, 0.1) is 11.6 Å². The summed E-state index contributed by atoms with van der Waals surface area (Å²) < 4.78 is 34.3. The average Bonchev–Trinajstić information content (AvgIpc) is 3.66. The third kappa shape index (κ3) is 4.65. The number of anilines is 2. The summed E-state index contributed by atoms with van der Waals surface area (Å²) >= 11 is 0. The highest BCUT2D eigenvalue weighted by Crippen LogP contribution is 2.44. The maximum Gasteiger partial charge on any atom is 0.225 e. The van der Waals surface area contributed by atoms with E-state index in [1.807, 2.05) is 25.2 Å². The van der Waals surface area contributed by atoms with Crippen LogP contribution in [0.15, 0.2) is 48.9 Å². The smallest absolute Gasteiger partial charge is 0.225 e. The molecule has 7 nitrogen and oxygen atoms in total. The van der Waals surface area contributed by atoms with Gasteiger partial charge in [0.1, 0.15) is 29.7 Å². The van der Waals surface area contributed by atoms with Crippen LogP contribution in [0.25, 0.3) is 22.3 Å². The number of para-hydroxylation sites is 1. The van der Waals surface area contributed by atoms with E-state index in [9.17, 15) is 8.78 Å². The van der Waals surface area contributed by atoms with Gasteiger partial charge in [-0.1, -0.05) is 6.07 Å². The van der Waals surface area contributed by atoms with E-state index in [2.05, 4.69) is 15.3 Å². The molecule has 0 bridgehead atoms. The van der Waals surface area contributed by atoms with Gasteiger partial charge in [-0.3, -0.25) is 4.98 Å². The molecule has 0 radical (unpaired) electrons. The van der Waals surface area contributed by atoms with Crippen molar-refractivity contribution in [2.45, 2.75) is 18.8 Å². The molecule has 0 amide bonds. The summed E-state index contributed by atoms with van der Waals surface area (Å²) in [6, 6.07) is 7.07. The monoisotopic (exact) mass is 462 g/mol. The van der Waals surface area contributed by atoms with E-state index in [1.54, 1.807) is 18.3 Å². The van der Waals surface area contributed by atoms with Crippen molar-refractivity contribution in [3.05, 3.63) is 66.1 Å². The van der Waals surface area contributed by atoms with Gasteiger partial charge in [0, 0.05) is 24.5 Å². The zero-order valence-electron chi connectivity index (χ0n) is 18.9. The van der Waals surface area contributed by atoms with Gasteiger partial charge >= 0.3 is 0 Å². The minimum absolute atomic E-state index is 0.266. The molecule has 0 spiro atoms. The van der Waals surface area contributed by atoms with E-state index in [4.69, 9.17) is 14.7 Å². The fourth-order valence-corrected chi connectivity index (χ4v) is 3.72. The van der Waals surface area contributed by atoms with Gasteiger partial charge in [-0.25, -0.2) is 18.7 Å². The fourth-order valence-electron chi connectivity index (χ4n) is 3.72. The van der Waals surface area contributed by atoms with Crippen LogP contribution in [0.1, 0.15) is 24.3 Å². The zero-order chi connectivity index (χ0) is 23.7. The molecular weight excluding hydrogens is 438 g/mol. The minimum Gasteiger partial charge on any atom is -0.476 e. The lowest BCUT2D eigenvalue weighted by molar-refractivity contribution is 0.256. The summed E-state index contributed by atoms with van der Waals surface area (Å²) in [5.41, 5.74) is 2.17. The number of aromatic nitrogens is 4. The van der Waals surface area contributed by atoms with E-state index < -0.39 is 11.6 Å². The van der Waals surface area contributed by atoms with Crippen molar-refractivity contribution in [3.63, 3.8) is 0 Å². The maximum atomic E-state index is 14.1. The van der Waals surface area contributed by atoms with Gasteiger partial charge in [-0.2, -0.15) is 4.98 Å². The van der Waals surface area contributed by atoms with Crippen molar-refractivity contribution in [2.75, 3.05) is 32.6 Å². The molecule has 0 aliphatic heterocycles. The van der Waals surface area contributed by atoms with Gasteiger partial charge in [0.15, 0.2) is 5.82 Å². The van der Waals surface area contributed by atoms with E-state index in [0.29, 0.717) is 35.3 Å². The van der Waals surface area contributed by atoms with Gasteiger partial charge in [0.05, 0.1) is 17.1 Å². The SMILES string of the molecule is CN(C)CCOc1nc(-c2ccnc(Nc3c(F)cccc3F)c2)nc2cncc(C3CC3)c12. The lowest BCUT2D eigenvalue weighted by atomic mass is 10.1. The van der Waals surface area contributed by atoms with Gasteiger partial charge < -0.3 is 15.0 Å². The summed E-state index contributed by atoms with van der Waals surface area (Å²) in [5.74, 6) is 0.243. The molecule has 1 aliphatic carbocycles. The molecule has 5 rings (SSSR count). The zero-order valence-corrected chi connectivity index (χ0v) is 18.9. The Balaban J connectivity index is 1.54. The van der Waals surface area contributed by atoms with Crippen LogP contribution in [0.5, 0.6) is 5.88 Å². The molecule has 1 saturated carbocycles. The Morgan fingerprint density at radius 1 is 1.09 bits per heavy atom. The van der Waals surface area contributed by atoms with Gasteiger partial charge in [-0.15, -0.1) is 0 Å². The molecule has 4 aromatic rings. The Labute approximate surface area is 195 Å². The molecule has 1 aromatic carbocycles. The second-order valence-electron chi connectivity index (χ2n) is 8.55. The van der Waals surface area contributed by atoms with Crippen molar-refractivity contribution in [3.8, 4) is 17.3 Å². The highest BCUT2D eigenvalue weighted by molar-refractivity contribution is 5.88. The van der Waals surface area contributed by atoms with Crippen molar-refractivity contribution in [2.24, 2.45) is 0 Å². The molecule has 0 unspecified atom stereocenters. The first-order valence-electron chi connectivity index (χ1n) is 11.1. The number of nitrogens with zero attached hydrogens (tertiary/aromatic N) is 5. The van der Waals surface area contributed by atoms with E-state index in [1.165, 1.54) is 24.4 Å². The van der Waals surface area contributed by atoms with Crippen LogP contribution in [-0.2, 0) is 0 Å². The maximum absolute atomic E-state index is 14.1. The molecule has 1 aliphatic rings. The van der Waals surface area contributed by atoms with E-state index in [-0.39, 0.29) is 11.5 Å². The number of likely N-dealkylation sites (N-methyl/N-ethyl adjacent to an activating group) is 1. The Morgan fingerprint density at radius 3 is 2.62 bits per heavy atom. The molecule has 0 atom stereocenters. The molecule has 174 valence electrons. The summed E-state index contributed by atoms with van der Waals surface area (Å²) in [7, 11) is 3.96. The Morgan fingerprint density at radius 2 is 1.88 bits per heavy atom. The standard InChI is InChI=1S/C25H24F2N6O/c1-33(2)10-11-34-25-22-17(15-6-7-15)13-28-14-20(22)30-24(32-25)16-8-9-29-21(12-16)31-23-18(26)4-3-5-19(23)27/h3-5,8-9,12-15H,6-7,10-11H2,1-2H3,(H,29,31). The lowest BCUT2D eigenvalue weighted by Gasteiger charge is -2.15. The molecule has 3 aromatic heterocycles. The second-order valence-corrected chi connectivity index (χ2v) is 8.55. The average molecular weight is 463 g/mol. The van der Waals surface area contributed by atoms with Crippen LogP contribution >= 0.6 is 0 Å². The van der Waals surface area contributed by atoms with Gasteiger partial charge in [-0.05, 0) is 62.7 Å². The first-order valence-corrected chi connectivity index (χ1v) is 11.1. The number of rotatable bonds is 8. The Hall–Kier alpha value is -3.72. The number of hydrogen-bond acceptors (Lipinski definition) is 7. The van der Waals surface area contributed by atoms with E-state index in [0.717, 1.165) is 30.3 Å². The van der Waals surface area contributed by atoms with Gasteiger partial charge in [0.25, 0.3) is 0 Å². The van der Waals surface area contributed by atoms with Crippen molar-refractivity contribution in [1.82, 2.24) is 24.8 Å². The number of fused-ring (bicyclic) bond motifs is 1. The number of hydrogen-bond donors (Lipinski definition) is 1. The normalized spacial score (nSPS) is 13.4. The topological polar surface area (TPSA) is 76.1 Å². The number of benzene rings is 1. The molecule has 0 saturated heterocycles. The Bertz CT molecular complexity index is 1320. The van der Waals surface area contributed by atoms with Crippen LogP contribution in [-0.4, -0.2) is 52.1 Å². The quantitative estimate of drug-likeness (QED) is 0.398. The largest absolute Gasteiger partial charge is 0.476 e. The highest BCUT2D eigenvalue weighted by Gasteiger charge is 2.28. The fraction of sp³-hybridized carbons (Fsp3) is 0.280. The lowest BCUT2D eigenvalue weighted by Crippen LogP contribution is -2.20. The number of nitrogens with one attached hydrogen (secondary N) is 1. The van der Waals surface area contributed by atoms with Crippen LogP contribution in [0.3, 0.4) is 0 Å². The summed E-state index contributed by atoms with van der Waals surface area (Å²) in [6.45, 7) is 1.21. The summed E-state index contributed by atoms with van der Waals surface area (Å²) in [5, 5.41) is 3.61.